The minimum absolute atomic E-state index is 0.138. The molecule has 5 nitrogen and oxygen atoms in total. The summed E-state index contributed by atoms with van der Waals surface area (Å²) in [5.41, 5.74) is 0.776. The van der Waals surface area contributed by atoms with Gasteiger partial charge in [-0.25, -0.2) is 0 Å². The summed E-state index contributed by atoms with van der Waals surface area (Å²) in [6.45, 7) is 5.17. The normalized spacial score (nSPS) is 22.7. The van der Waals surface area contributed by atoms with Crippen LogP contribution in [-0.2, 0) is 4.79 Å². The maximum atomic E-state index is 12.7. The largest absolute Gasteiger partial charge is 0.341 e. The van der Waals surface area contributed by atoms with Crippen molar-refractivity contribution >= 4 is 17.7 Å². The van der Waals surface area contributed by atoms with Gasteiger partial charge in [0.2, 0.25) is 5.91 Å². The molecule has 2 atom stereocenters. The van der Waals surface area contributed by atoms with E-state index in [1.807, 2.05) is 0 Å². The number of amides is 3. The van der Waals surface area contributed by atoms with E-state index in [9.17, 15) is 14.4 Å². The average Bonchev–Trinajstić information content (AvgIpc) is 2.78. The van der Waals surface area contributed by atoms with Gasteiger partial charge in [-0.2, -0.15) is 0 Å². The van der Waals surface area contributed by atoms with E-state index < -0.39 is 6.04 Å². The van der Waals surface area contributed by atoms with E-state index >= 15 is 0 Å². The number of benzene rings is 1. The minimum Gasteiger partial charge on any atom is -0.341 e. The van der Waals surface area contributed by atoms with Crippen molar-refractivity contribution in [3.8, 4) is 0 Å². The van der Waals surface area contributed by atoms with Crippen molar-refractivity contribution in [2.24, 2.45) is 5.92 Å². The second kappa shape index (κ2) is 5.55. The fraction of sp³-hybridized carbons (Fsp3) is 0.471. The summed E-state index contributed by atoms with van der Waals surface area (Å²) < 4.78 is 0. The summed E-state index contributed by atoms with van der Waals surface area (Å²) in [6.07, 6.45) is 2.09. The summed E-state index contributed by atoms with van der Waals surface area (Å²) in [4.78, 5) is 40.4. The third-order valence-corrected chi connectivity index (χ3v) is 4.54. The Morgan fingerprint density at radius 1 is 1.18 bits per heavy atom. The Morgan fingerprint density at radius 2 is 1.77 bits per heavy atom. The van der Waals surface area contributed by atoms with Crippen molar-refractivity contribution in [2.75, 3.05) is 13.1 Å². The Balaban J connectivity index is 1.81. The van der Waals surface area contributed by atoms with Gasteiger partial charge in [0.25, 0.3) is 11.8 Å². The molecule has 0 saturated carbocycles. The van der Waals surface area contributed by atoms with Gasteiger partial charge in [-0.15, -0.1) is 0 Å². The van der Waals surface area contributed by atoms with Gasteiger partial charge in [0.1, 0.15) is 6.04 Å². The van der Waals surface area contributed by atoms with Gasteiger partial charge in [0, 0.05) is 13.1 Å². The van der Waals surface area contributed by atoms with Crippen LogP contribution in [0.25, 0.3) is 0 Å². The summed E-state index contributed by atoms with van der Waals surface area (Å²) >= 11 is 0. The summed E-state index contributed by atoms with van der Waals surface area (Å²) in [6, 6.07) is 5.97. The van der Waals surface area contributed by atoms with E-state index in [4.69, 9.17) is 0 Å². The Labute approximate surface area is 129 Å². The first-order valence-electron chi connectivity index (χ1n) is 7.76. The van der Waals surface area contributed by atoms with Gasteiger partial charge in [0.15, 0.2) is 0 Å². The summed E-state index contributed by atoms with van der Waals surface area (Å²) in [5, 5.41) is 0. The highest BCUT2D eigenvalue weighted by Crippen LogP contribution is 2.26. The highest BCUT2D eigenvalue weighted by Gasteiger charge is 2.42. The lowest BCUT2D eigenvalue weighted by atomic mass is 9.99. The Bertz CT molecular complexity index is 606. The number of piperidine rings is 1. The number of carbonyl (C=O) groups excluding carboxylic acids is 3. The third kappa shape index (κ3) is 2.30. The van der Waals surface area contributed by atoms with Crippen LogP contribution >= 0.6 is 0 Å². The second-order valence-corrected chi connectivity index (χ2v) is 6.23. The molecule has 116 valence electrons. The molecule has 0 spiro atoms. The quantitative estimate of drug-likeness (QED) is 0.784. The second-order valence-electron chi connectivity index (χ2n) is 6.23. The molecule has 2 aliphatic heterocycles. The minimum atomic E-state index is -0.752. The molecule has 3 rings (SSSR count). The topological polar surface area (TPSA) is 57.7 Å². The molecule has 0 radical (unpaired) electrons. The molecule has 0 bridgehead atoms. The van der Waals surface area contributed by atoms with Gasteiger partial charge < -0.3 is 4.90 Å². The Morgan fingerprint density at radius 3 is 2.32 bits per heavy atom. The molecule has 5 heteroatoms. The van der Waals surface area contributed by atoms with Crippen LogP contribution in [0.1, 0.15) is 47.4 Å². The monoisotopic (exact) mass is 300 g/mol. The predicted molar refractivity (Wildman–Crippen MR) is 81.4 cm³/mol. The molecule has 0 aromatic heterocycles. The molecule has 1 aromatic carbocycles. The lowest BCUT2D eigenvalue weighted by Gasteiger charge is -2.34. The van der Waals surface area contributed by atoms with Crippen LogP contribution in [-0.4, -0.2) is 46.7 Å². The first-order valence-corrected chi connectivity index (χ1v) is 7.76. The molecule has 0 N–H and O–H groups in total. The summed E-state index contributed by atoms with van der Waals surface area (Å²) in [5.74, 6) is -0.411. The molecule has 1 saturated heterocycles. The van der Waals surface area contributed by atoms with Gasteiger partial charge in [0.05, 0.1) is 11.1 Å². The molecule has 3 amide bonds. The van der Waals surface area contributed by atoms with Crippen molar-refractivity contribution in [3.63, 3.8) is 0 Å². The first kappa shape index (κ1) is 14.8. The van der Waals surface area contributed by atoms with Gasteiger partial charge in [-0.3, -0.25) is 19.3 Å². The molecular weight excluding hydrogens is 280 g/mol. The van der Waals surface area contributed by atoms with Crippen LogP contribution < -0.4 is 0 Å². The molecule has 22 heavy (non-hydrogen) atoms. The van der Waals surface area contributed by atoms with E-state index in [-0.39, 0.29) is 17.7 Å². The zero-order valence-electron chi connectivity index (χ0n) is 12.9. The number of likely N-dealkylation sites (tertiary alicyclic amines) is 1. The Kier molecular flexibility index (Phi) is 3.72. The number of hydrogen-bond acceptors (Lipinski definition) is 3. The maximum absolute atomic E-state index is 12.7. The van der Waals surface area contributed by atoms with Crippen LogP contribution in [0, 0.1) is 5.92 Å². The lowest BCUT2D eigenvalue weighted by Crippen LogP contribution is -2.51. The Hall–Kier alpha value is -2.17. The van der Waals surface area contributed by atoms with E-state index in [1.165, 1.54) is 0 Å². The van der Waals surface area contributed by atoms with Crippen LogP contribution in [0.15, 0.2) is 24.3 Å². The van der Waals surface area contributed by atoms with E-state index in [1.54, 1.807) is 36.1 Å². The summed E-state index contributed by atoms with van der Waals surface area (Å²) in [7, 11) is 0. The highest BCUT2D eigenvalue weighted by molar-refractivity contribution is 6.22. The van der Waals surface area contributed by atoms with E-state index in [2.05, 4.69) is 6.92 Å². The van der Waals surface area contributed by atoms with Crippen LogP contribution in [0.3, 0.4) is 0 Å². The van der Waals surface area contributed by atoms with Gasteiger partial charge in [-0.1, -0.05) is 19.1 Å². The standard InChI is InChI=1S/C17H20N2O3/c1-11-6-5-9-18(10-11)15(20)12(2)19-16(21)13-7-3-4-8-14(13)17(19)22/h3-4,7-8,11-12H,5-6,9-10H2,1-2H3. The van der Waals surface area contributed by atoms with Crippen LogP contribution in [0.5, 0.6) is 0 Å². The molecule has 2 aliphatic rings. The van der Waals surface area contributed by atoms with Crippen LogP contribution in [0.2, 0.25) is 0 Å². The zero-order valence-corrected chi connectivity index (χ0v) is 12.9. The predicted octanol–water partition coefficient (Wildman–Crippen LogP) is 1.93. The van der Waals surface area contributed by atoms with E-state index in [0.29, 0.717) is 30.1 Å². The number of carbonyl (C=O) groups is 3. The van der Waals surface area contributed by atoms with Crippen molar-refractivity contribution in [2.45, 2.75) is 32.7 Å². The molecular formula is C17H20N2O3. The smallest absolute Gasteiger partial charge is 0.262 e. The molecule has 2 unspecified atom stereocenters. The van der Waals surface area contributed by atoms with Crippen molar-refractivity contribution in [1.82, 2.24) is 9.80 Å². The highest BCUT2D eigenvalue weighted by atomic mass is 16.2. The zero-order chi connectivity index (χ0) is 15.9. The van der Waals surface area contributed by atoms with Gasteiger partial charge >= 0.3 is 0 Å². The molecule has 1 fully saturated rings. The number of rotatable bonds is 2. The fourth-order valence-electron chi connectivity index (χ4n) is 3.32. The fourth-order valence-corrected chi connectivity index (χ4v) is 3.32. The van der Waals surface area contributed by atoms with Crippen molar-refractivity contribution in [1.29, 1.82) is 0 Å². The molecule has 0 aliphatic carbocycles. The lowest BCUT2D eigenvalue weighted by molar-refractivity contribution is -0.136. The first-order chi connectivity index (χ1) is 10.5. The van der Waals surface area contributed by atoms with Crippen molar-refractivity contribution < 1.29 is 14.4 Å². The third-order valence-electron chi connectivity index (χ3n) is 4.54. The van der Waals surface area contributed by atoms with Gasteiger partial charge in [-0.05, 0) is 37.8 Å². The molecule has 2 heterocycles. The van der Waals surface area contributed by atoms with E-state index in [0.717, 1.165) is 17.7 Å². The number of hydrogen-bond donors (Lipinski definition) is 0. The SMILES string of the molecule is CC1CCCN(C(=O)C(C)N2C(=O)c3ccccc3C2=O)C1. The average molecular weight is 300 g/mol. The van der Waals surface area contributed by atoms with Crippen LogP contribution in [0.4, 0.5) is 0 Å². The number of imide groups is 1. The van der Waals surface area contributed by atoms with Crippen molar-refractivity contribution in [3.05, 3.63) is 35.4 Å². The molecule has 1 aromatic rings. The number of nitrogens with zero attached hydrogens (tertiary/aromatic N) is 2. The maximum Gasteiger partial charge on any atom is 0.262 e. The number of fused-ring (bicyclic) bond motifs is 1.